The molecule has 0 aliphatic heterocycles. The van der Waals surface area contributed by atoms with Crippen LogP contribution in [0, 0.1) is 10.1 Å². The fraction of sp³-hybridized carbons (Fsp3) is 0.436. The molecule has 3 aromatic carbocycles. The van der Waals surface area contributed by atoms with E-state index in [-0.39, 0.29) is 44.9 Å². The molecule has 1 N–H and O–H groups in total. The van der Waals surface area contributed by atoms with Gasteiger partial charge in [-0.2, -0.15) is 0 Å². The molecule has 2 amide bonds. The van der Waals surface area contributed by atoms with E-state index in [4.69, 9.17) is 14.2 Å². The van der Waals surface area contributed by atoms with Crippen LogP contribution < -0.4 is 5.32 Å². The van der Waals surface area contributed by atoms with Crippen molar-refractivity contribution in [2.24, 2.45) is 0 Å². The average molecular weight is 719 g/mol. The number of hydrogen-bond acceptors (Lipinski definition) is 10. The van der Waals surface area contributed by atoms with Crippen LogP contribution in [0.25, 0.3) is 0 Å². The van der Waals surface area contributed by atoms with Crippen molar-refractivity contribution in [2.75, 3.05) is 26.2 Å². The normalized spacial score (nSPS) is 12.7. The van der Waals surface area contributed by atoms with Gasteiger partial charge in [-0.25, -0.2) is 9.59 Å². The Balaban J connectivity index is 2.00. The maximum atomic E-state index is 14.2. The van der Waals surface area contributed by atoms with Gasteiger partial charge in [-0.15, -0.1) is 0 Å². The molecule has 3 rings (SSSR count). The number of amides is 2. The predicted molar refractivity (Wildman–Crippen MR) is 195 cm³/mol. The number of urea groups is 1. The number of rotatable bonds is 16. The van der Waals surface area contributed by atoms with Gasteiger partial charge >= 0.3 is 23.9 Å². The van der Waals surface area contributed by atoms with Crippen molar-refractivity contribution in [3.05, 3.63) is 112 Å². The van der Waals surface area contributed by atoms with Crippen molar-refractivity contribution in [3.8, 4) is 0 Å². The summed E-state index contributed by atoms with van der Waals surface area (Å²) in [7, 11) is 0. The second kappa shape index (κ2) is 18.8. The average Bonchev–Trinajstić information content (AvgIpc) is 3.06. The topological polar surface area (TPSA) is 158 Å². The van der Waals surface area contributed by atoms with Gasteiger partial charge in [-0.1, -0.05) is 72.8 Å². The van der Waals surface area contributed by atoms with Gasteiger partial charge in [0, 0.05) is 31.6 Å². The third-order valence-electron chi connectivity index (χ3n) is 7.55. The molecule has 0 bridgehead atoms. The van der Waals surface area contributed by atoms with Crippen LogP contribution in [0.2, 0.25) is 0 Å². The van der Waals surface area contributed by atoms with Gasteiger partial charge in [-0.05, 0) is 65.2 Å². The quantitative estimate of drug-likeness (QED) is 0.0805. The molecular weight excluding hydrogens is 668 g/mol. The van der Waals surface area contributed by atoms with Crippen molar-refractivity contribution in [1.29, 1.82) is 0 Å². The number of non-ortho nitro benzene ring substituents is 1. The van der Waals surface area contributed by atoms with Crippen LogP contribution >= 0.6 is 0 Å². The largest absolute Gasteiger partial charge is 0.459 e. The van der Waals surface area contributed by atoms with E-state index in [0.717, 1.165) is 11.1 Å². The summed E-state index contributed by atoms with van der Waals surface area (Å²) in [6.07, 6.45) is -0.0448. The summed E-state index contributed by atoms with van der Waals surface area (Å²) in [5.41, 5.74) is 0.406. The van der Waals surface area contributed by atoms with E-state index in [0.29, 0.717) is 5.56 Å². The number of carbonyl (C=O) groups is 4. The number of nitrogens with one attached hydrogen (secondary N) is 1. The van der Waals surface area contributed by atoms with Crippen LogP contribution in [0.4, 0.5) is 10.5 Å². The van der Waals surface area contributed by atoms with E-state index < -0.39 is 52.1 Å². The minimum Gasteiger partial charge on any atom is -0.459 e. The van der Waals surface area contributed by atoms with Crippen molar-refractivity contribution >= 4 is 29.6 Å². The third kappa shape index (κ3) is 14.5. The summed E-state index contributed by atoms with van der Waals surface area (Å²) in [5, 5.41) is 14.3. The molecule has 13 heteroatoms. The first-order chi connectivity index (χ1) is 24.4. The third-order valence-corrected chi connectivity index (χ3v) is 7.55. The molecule has 0 fully saturated rings. The Kier molecular flexibility index (Phi) is 14.9. The van der Waals surface area contributed by atoms with Gasteiger partial charge < -0.3 is 24.4 Å². The number of nitro groups is 1. The molecule has 0 aliphatic carbocycles. The summed E-state index contributed by atoms with van der Waals surface area (Å²) < 4.78 is 16.8. The zero-order valence-corrected chi connectivity index (χ0v) is 31.0. The number of nitro benzene ring substituents is 1. The molecule has 13 nitrogen and oxygen atoms in total. The number of nitrogens with zero attached hydrogens (tertiary/aromatic N) is 3. The Morgan fingerprint density at radius 2 is 1.27 bits per heavy atom. The fourth-order valence-electron chi connectivity index (χ4n) is 5.19. The van der Waals surface area contributed by atoms with Crippen molar-refractivity contribution in [3.63, 3.8) is 0 Å². The Morgan fingerprint density at radius 1 is 0.750 bits per heavy atom. The number of ether oxygens (including phenoxy) is 3. The molecule has 0 spiro atoms. The number of carbonyl (C=O) groups excluding carboxylic acids is 4. The smallest absolute Gasteiger partial charge is 0.329 e. The van der Waals surface area contributed by atoms with Gasteiger partial charge in [0.25, 0.3) is 5.69 Å². The molecule has 0 saturated heterocycles. The summed E-state index contributed by atoms with van der Waals surface area (Å²) in [6.45, 7) is 11.4. The van der Waals surface area contributed by atoms with E-state index >= 15 is 0 Å². The van der Waals surface area contributed by atoms with E-state index in [2.05, 4.69) is 5.32 Å². The number of benzene rings is 3. The van der Waals surface area contributed by atoms with E-state index in [1.165, 1.54) is 34.1 Å². The second-order valence-corrected chi connectivity index (χ2v) is 14.4. The van der Waals surface area contributed by atoms with Gasteiger partial charge in [0.15, 0.2) is 0 Å². The highest BCUT2D eigenvalue weighted by Crippen LogP contribution is 2.19. The van der Waals surface area contributed by atoms with Crippen LogP contribution in [0.1, 0.15) is 71.2 Å². The molecule has 1 unspecified atom stereocenters. The lowest BCUT2D eigenvalue weighted by atomic mass is 10.0. The minimum absolute atomic E-state index is 0.0334. The molecule has 0 heterocycles. The SMILES string of the molecule is CC(NC(=O)N(CCN(CC(=O)OC(C)(C)C)CC(=O)OC(C)(C)C)[C@@H](Cc1ccc([N+](=O)[O-])cc1)C(=O)OCc1ccccc1)c1ccccc1. The fourth-order valence-corrected chi connectivity index (χ4v) is 5.19. The molecule has 2 atom stereocenters. The lowest BCUT2D eigenvalue weighted by Crippen LogP contribution is -2.54. The monoisotopic (exact) mass is 718 g/mol. The lowest BCUT2D eigenvalue weighted by molar-refractivity contribution is -0.384. The molecule has 52 heavy (non-hydrogen) atoms. The Bertz CT molecular complexity index is 1610. The summed E-state index contributed by atoms with van der Waals surface area (Å²) in [6, 6.07) is 21.8. The zero-order valence-electron chi connectivity index (χ0n) is 31.0. The molecular formula is C39H50N4O9. The zero-order chi connectivity index (χ0) is 38.5. The Morgan fingerprint density at radius 3 is 1.77 bits per heavy atom. The Labute approximate surface area is 305 Å². The maximum absolute atomic E-state index is 14.2. The van der Waals surface area contributed by atoms with Crippen molar-refractivity contribution in [2.45, 2.75) is 84.8 Å². The molecule has 280 valence electrons. The Hall–Kier alpha value is -5.30. The van der Waals surface area contributed by atoms with E-state index in [1.54, 1.807) is 53.7 Å². The van der Waals surface area contributed by atoms with Crippen LogP contribution in [0.15, 0.2) is 84.9 Å². The number of hydrogen-bond donors (Lipinski definition) is 1. The first-order valence-corrected chi connectivity index (χ1v) is 17.1. The van der Waals surface area contributed by atoms with E-state index in [9.17, 15) is 29.3 Å². The summed E-state index contributed by atoms with van der Waals surface area (Å²) >= 11 is 0. The highest BCUT2D eigenvalue weighted by molar-refractivity contribution is 5.84. The highest BCUT2D eigenvalue weighted by Gasteiger charge is 2.34. The van der Waals surface area contributed by atoms with Crippen LogP contribution in [0.3, 0.4) is 0 Å². The lowest BCUT2D eigenvalue weighted by Gasteiger charge is -2.34. The first-order valence-electron chi connectivity index (χ1n) is 17.1. The van der Waals surface area contributed by atoms with Gasteiger partial charge in [0.2, 0.25) is 0 Å². The summed E-state index contributed by atoms with van der Waals surface area (Å²) in [5.74, 6) is -1.89. The maximum Gasteiger partial charge on any atom is 0.329 e. The molecule has 3 aromatic rings. The number of esters is 3. The standard InChI is InChI=1S/C39H50N4O9/c1-28(31-16-12-9-13-17-31)40-37(47)42(23-22-41(25-34(44)51-38(2,3)4)26-35(45)52-39(5,6)7)33(24-29-18-20-32(21-19-29)43(48)49)36(46)50-27-30-14-10-8-11-15-30/h8-21,28,33H,22-27H2,1-7H3,(H,40,47)/t28?,33-/m0/s1. The molecule has 0 aromatic heterocycles. The second-order valence-electron chi connectivity index (χ2n) is 14.4. The highest BCUT2D eigenvalue weighted by atomic mass is 16.6. The van der Waals surface area contributed by atoms with Crippen LogP contribution in [0.5, 0.6) is 0 Å². The minimum atomic E-state index is -1.21. The van der Waals surface area contributed by atoms with Gasteiger partial charge in [0.05, 0.1) is 24.1 Å². The van der Waals surface area contributed by atoms with Crippen molar-refractivity contribution < 1.29 is 38.3 Å². The van der Waals surface area contributed by atoms with Gasteiger partial charge in [-0.3, -0.25) is 24.6 Å². The molecule has 0 radical (unpaired) electrons. The predicted octanol–water partition coefficient (Wildman–Crippen LogP) is 6.01. The molecule has 0 aliphatic rings. The summed E-state index contributed by atoms with van der Waals surface area (Å²) in [4.78, 5) is 67.8. The van der Waals surface area contributed by atoms with Crippen LogP contribution in [-0.4, -0.2) is 82.1 Å². The van der Waals surface area contributed by atoms with Gasteiger partial charge in [0.1, 0.15) is 23.9 Å². The van der Waals surface area contributed by atoms with Crippen molar-refractivity contribution in [1.82, 2.24) is 15.1 Å². The first kappa shape index (κ1) is 41.1. The molecule has 0 saturated carbocycles. The van der Waals surface area contributed by atoms with Crippen LogP contribution in [-0.2, 0) is 41.6 Å². The van der Waals surface area contributed by atoms with E-state index in [1.807, 2.05) is 55.5 Å².